The summed E-state index contributed by atoms with van der Waals surface area (Å²) in [5, 5.41) is 0. The van der Waals surface area contributed by atoms with Gasteiger partial charge in [0, 0.05) is 7.11 Å². The third-order valence-electron chi connectivity index (χ3n) is 1.32. The molecule has 0 atom stereocenters. The molecule has 0 bridgehead atoms. The Morgan fingerprint density at radius 3 is 2.38 bits per heavy atom. The Morgan fingerprint density at radius 1 is 1.38 bits per heavy atom. The topological polar surface area (TPSA) is 52.6 Å². The van der Waals surface area contributed by atoms with Crippen LogP contribution in [0.2, 0.25) is 0 Å². The number of hydrogen-bond acceptors (Lipinski definition) is 4. The second kappa shape index (κ2) is 6.37. The van der Waals surface area contributed by atoms with Crippen LogP contribution in [0.4, 0.5) is 0 Å². The van der Waals surface area contributed by atoms with Gasteiger partial charge in [-0.3, -0.25) is 9.59 Å². The Balaban J connectivity index is 4.41. The van der Waals surface area contributed by atoms with Crippen LogP contribution in [0, 0.1) is 0 Å². The van der Waals surface area contributed by atoms with Gasteiger partial charge in [0.15, 0.2) is 11.6 Å². The highest BCUT2D eigenvalue weighted by Crippen LogP contribution is 1.99. The second-order valence-electron chi connectivity index (χ2n) is 2.40. The molecular formula is C9H14O4. The smallest absolute Gasteiger partial charge is 0.195 e. The molecule has 0 spiro atoms. The third kappa shape index (κ3) is 4.42. The minimum Gasteiger partial charge on any atom is -0.501 e. The van der Waals surface area contributed by atoms with E-state index in [1.165, 1.54) is 20.3 Å². The highest BCUT2D eigenvalue weighted by molar-refractivity contribution is 6.19. The average Bonchev–Trinajstić information content (AvgIpc) is 2.05. The van der Waals surface area contributed by atoms with Crippen molar-refractivity contribution in [2.45, 2.75) is 13.8 Å². The molecule has 0 heterocycles. The van der Waals surface area contributed by atoms with Crippen molar-refractivity contribution in [3.63, 3.8) is 0 Å². The van der Waals surface area contributed by atoms with Crippen molar-refractivity contribution in [3.8, 4) is 0 Å². The largest absolute Gasteiger partial charge is 0.501 e. The van der Waals surface area contributed by atoms with Crippen LogP contribution >= 0.6 is 0 Å². The Kier molecular flexibility index (Phi) is 5.80. The summed E-state index contributed by atoms with van der Waals surface area (Å²) in [6.45, 7) is 3.42. The fourth-order valence-corrected chi connectivity index (χ4v) is 0.721. The molecule has 0 amide bonds. The van der Waals surface area contributed by atoms with Crippen LogP contribution in [0.25, 0.3) is 0 Å². The molecule has 0 radical (unpaired) electrons. The lowest BCUT2D eigenvalue weighted by Gasteiger charge is -2.01. The Morgan fingerprint density at radius 2 is 2.00 bits per heavy atom. The van der Waals surface area contributed by atoms with Gasteiger partial charge < -0.3 is 9.47 Å². The normalized spacial score (nSPS) is 11.2. The summed E-state index contributed by atoms with van der Waals surface area (Å²) in [4.78, 5) is 22.1. The van der Waals surface area contributed by atoms with E-state index >= 15 is 0 Å². The molecule has 0 rings (SSSR count). The lowest BCUT2D eigenvalue weighted by molar-refractivity contribution is -0.123. The van der Waals surface area contributed by atoms with Crippen molar-refractivity contribution < 1.29 is 19.1 Å². The predicted octanol–water partition coefficient (Wildman–Crippen LogP) is 0.711. The summed E-state index contributed by atoms with van der Waals surface area (Å²) in [5.41, 5.74) is 0.0451. The zero-order valence-electron chi connectivity index (χ0n) is 8.12. The van der Waals surface area contributed by atoms with Crippen LogP contribution in [-0.4, -0.2) is 31.9 Å². The fourth-order valence-electron chi connectivity index (χ4n) is 0.721. The van der Waals surface area contributed by atoms with Crippen molar-refractivity contribution >= 4 is 11.6 Å². The molecule has 0 unspecified atom stereocenters. The van der Waals surface area contributed by atoms with Crippen LogP contribution in [0.15, 0.2) is 11.8 Å². The standard InChI is InChI=1S/C9H14O4/c1-4-13-5-8(7(2)10)9(11)6-12-3/h5H,4,6H2,1-3H3. The summed E-state index contributed by atoms with van der Waals surface area (Å²) in [7, 11) is 1.40. The number of carbonyl (C=O) groups is 2. The number of ether oxygens (including phenoxy) is 2. The van der Waals surface area contributed by atoms with Crippen LogP contribution < -0.4 is 0 Å². The number of carbonyl (C=O) groups excluding carboxylic acids is 2. The van der Waals surface area contributed by atoms with Gasteiger partial charge in [-0.1, -0.05) is 0 Å². The first-order chi connectivity index (χ1) is 6.13. The van der Waals surface area contributed by atoms with Gasteiger partial charge in [0.2, 0.25) is 0 Å². The lowest BCUT2D eigenvalue weighted by atomic mass is 10.1. The van der Waals surface area contributed by atoms with E-state index in [2.05, 4.69) is 4.74 Å². The van der Waals surface area contributed by atoms with Gasteiger partial charge in [-0.05, 0) is 13.8 Å². The molecule has 0 aliphatic heterocycles. The number of rotatable bonds is 6. The molecule has 0 aliphatic rings. The second-order valence-corrected chi connectivity index (χ2v) is 2.40. The van der Waals surface area contributed by atoms with E-state index in [1.54, 1.807) is 6.92 Å². The maximum Gasteiger partial charge on any atom is 0.195 e. The van der Waals surface area contributed by atoms with Crippen molar-refractivity contribution in [1.29, 1.82) is 0 Å². The van der Waals surface area contributed by atoms with E-state index in [1.807, 2.05) is 0 Å². The number of Topliss-reactive ketones (excluding diaryl/α,β-unsaturated/α-hetero) is 2. The van der Waals surface area contributed by atoms with Gasteiger partial charge >= 0.3 is 0 Å². The van der Waals surface area contributed by atoms with Crippen LogP contribution in [0.1, 0.15) is 13.8 Å². The average molecular weight is 186 g/mol. The van der Waals surface area contributed by atoms with Gasteiger partial charge in [0.1, 0.15) is 6.61 Å². The Labute approximate surface area is 77.5 Å². The van der Waals surface area contributed by atoms with E-state index in [-0.39, 0.29) is 23.7 Å². The van der Waals surface area contributed by atoms with Crippen LogP contribution in [0.3, 0.4) is 0 Å². The third-order valence-corrected chi connectivity index (χ3v) is 1.32. The molecule has 4 heteroatoms. The van der Waals surface area contributed by atoms with Crippen molar-refractivity contribution in [2.75, 3.05) is 20.3 Å². The van der Waals surface area contributed by atoms with E-state index in [0.717, 1.165) is 0 Å². The first kappa shape index (κ1) is 11.8. The molecule has 0 aliphatic carbocycles. The molecular weight excluding hydrogens is 172 g/mol. The summed E-state index contributed by atoms with van der Waals surface area (Å²) < 4.78 is 9.48. The van der Waals surface area contributed by atoms with Gasteiger partial charge in [0.05, 0.1) is 18.4 Å². The minimum atomic E-state index is -0.358. The SMILES string of the molecule is CCOC=C(C(C)=O)C(=O)COC. The zero-order chi connectivity index (χ0) is 10.3. The summed E-state index contributed by atoms with van der Waals surface area (Å²) in [6.07, 6.45) is 1.18. The van der Waals surface area contributed by atoms with Crippen molar-refractivity contribution in [3.05, 3.63) is 11.8 Å². The molecule has 0 saturated heterocycles. The Bertz CT molecular complexity index is 218. The lowest BCUT2D eigenvalue weighted by Crippen LogP contribution is -2.15. The van der Waals surface area contributed by atoms with E-state index < -0.39 is 0 Å². The van der Waals surface area contributed by atoms with Gasteiger partial charge in [-0.15, -0.1) is 0 Å². The maximum absolute atomic E-state index is 11.2. The molecule has 13 heavy (non-hydrogen) atoms. The van der Waals surface area contributed by atoms with E-state index in [0.29, 0.717) is 6.61 Å². The molecule has 0 N–H and O–H groups in total. The molecule has 0 saturated carbocycles. The molecule has 0 aromatic carbocycles. The number of ketones is 2. The van der Waals surface area contributed by atoms with Crippen LogP contribution in [0.5, 0.6) is 0 Å². The monoisotopic (exact) mass is 186 g/mol. The Hall–Kier alpha value is -1.16. The zero-order valence-corrected chi connectivity index (χ0v) is 8.12. The summed E-state index contributed by atoms with van der Waals surface area (Å²) in [6, 6.07) is 0. The van der Waals surface area contributed by atoms with E-state index in [9.17, 15) is 9.59 Å². The van der Waals surface area contributed by atoms with Gasteiger partial charge in [0.25, 0.3) is 0 Å². The van der Waals surface area contributed by atoms with E-state index in [4.69, 9.17) is 4.74 Å². The quantitative estimate of drug-likeness (QED) is 0.265. The number of hydrogen-bond donors (Lipinski definition) is 0. The van der Waals surface area contributed by atoms with Gasteiger partial charge in [-0.25, -0.2) is 0 Å². The summed E-state index contributed by atoms with van der Waals surface area (Å²) >= 11 is 0. The van der Waals surface area contributed by atoms with Gasteiger partial charge in [-0.2, -0.15) is 0 Å². The first-order valence-electron chi connectivity index (χ1n) is 3.98. The predicted molar refractivity (Wildman–Crippen MR) is 47.3 cm³/mol. The highest BCUT2D eigenvalue weighted by Gasteiger charge is 2.14. The first-order valence-corrected chi connectivity index (χ1v) is 3.98. The number of methoxy groups -OCH3 is 1. The summed E-state index contributed by atoms with van der Waals surface area (Å²) in [5.74, 6) is -0.668. The molecule has 0 aromatic rings. The minimum absolute atomic E-state index is 0.0451. The van der Waals surface area contributed by atoms with Crippen LogP contribution in [-0.2, 0) is 19.1 Å². The molecule has 0 aromatic heterocycles. The fraction of sp³-hybridized carbons (Fsp3) is 0.556. The molecule has 0 fully saturated rings. The molecule has 74 valence electrons. The van der Waals surface area contributed by atoms with Crippen molar-refractivity contribution in [1.82, 2.24) is 0 Å². The highest BCUT2D eigenvalue weighted by atomic mass is 16.5. The molecule has 4 nitrogen and oxygen atoms in total. The maximum atomic E-state index is 11.2. The van der Waals surface area contributed by atoms with Crippen molar-refractivity contribution in [2.24, 2.45) is 0 Å².